The molecule has 4 N–H and O–H groups in total. The second kappa shape index (κ2) is 24.4. The monoisotopic (exact) mass is 1070 g/mol. The Balaban J connectivity index is 0.000000147. The number of fused-ring (bicyclic) bond motifs is 8. The fourth-order valence-corrected chi connectivity index (χ4v) is 12.5. The summed E-state index contributed by atoms with van der Waals surface area (Å²) in [7, 11) is -1.60. The zero-order valence-corrected chi connectivity index (χ0v) is 47.9. The van der Waals surface area contributed by atoms with E-state index in [0.717, 1.165) is 132 Å². The van der Waals surface area contributed by atoms with E-state index < -0.39 is 8.32 Å². The maximum atomic E-state index is 10.1. The molecule has 2 fully saturated rings. The molecule has 2 saturated carbocycles. The van der Waals surface area contributed by atoms with Crippen molar-refractivity contribution in [3.8, 4) is 0 Å². The topological polar surface area (TPSA) is 199 Å². The van der Waals surface area contributed by atoms with Gasteiger partial charge in [0.15, 0.2) is 8.32 Å². The highest BCUT2D eigenvalue weighted by molar-refractivity contribution is 6.74. The first-order valence-corrected chi connectivity index (χ1v) is 31.5. The fraction of sp³-hybridized carbons (Fsp3) is 0.517. The van der Waals surface area contributed by atoms with E-state index in [4.69, 9.17) is 29.5 Å². The van der Waals surface area contributed by atoms with Crippen molar-refractivity contribution >= 4 is 82.0 Å². The Hall–Kier alpha value is -6.31. The summed E-state index contributed by atoms with van der Waals surface area (Å²) in [5.41, 5.74) is 9.08. The molecule has 2 aliphatic carbocycles. The Morgan fingerprint density at radius 2 is 1.24 bits per heavy atom. The minimum absolute atomic E-state index is 0.240. The molecule has 18 heteroatoms. The van der Waals surface area contributed by atoms with Crippen LogP contribution in [0.4, 0.5) is 23.5 Å². The van der Waals surface area contributed by atoms with Crippen molar-refractivity contribution < 1.29 is 14.3 Å². The molecule has 412 valence electrons. The molecule has 10 heterocycles. The molecule has 0 atom stereocenters. The molecule has 2 aliphatic heterocycles. The lowest BCUT2D eigenvalue weighted by atomic mass is 9.87. The van der Waals surface area contributed by atoms with E-state index in [9.17, 15) is 4.79 Å². The highest BCUT2D eigenvalue weighted by Gasteiger charge is 2.37. The van der Waals surface area contributed by atoms with Crippen molar-refractivity contribution in [1.29, 1.82) is 0 Å². The lowest BCUT2D eigenvalue weighted by molar-refractivity contribution is -0.108. The lowest BCUT2D eigenvalue weighted by Crippen LogP contribution is -2.41. The van der Waals surface area contributed by atoms with E-state index >= 15 is 0 Å². The van der Waals surface area contributed by atoms with Gasteiger partial charge >= 0.3 is 0 Å². The first kappa shape index (κ1) is 55.0. The van der Waals surface area contributed by atoms with Crippen LogP contribution in [-0.2, 0) is 35.2 Å². The Kier molecular flexibility index (Phi) is 17.2. The number of carbonyl (C=O) groups is 1. The Labute approximate surface area is 460 Å². The number of hydrogen-bond acceptors (Lipinski definition) is 15. The van der Waals surface area contributed by atoms with Crippen molar-refractivity contribution in [3.05, 3.63) is 96.1 Å². The van der Waals surface area contributed by atoms with Gasteiger partial charge in [-0.2, -0.15) is 9.97 Å². The molecule has 12 rings (SSSR count). The van der Waals surface area contributed by atoms with Crippen molar-refractivity contribution in [1.82, 2.24) is 59.2 Å². The van der Waals surface area contributed by atoms with Gasteiger partial charge in [-0.3, -0.25) is 14.9 Å². The summed E-state index contributed by atoms with van der Waals surface area (Å²) in [6, 6.07) is 13.4. The number of carbonyl (C=O) groups excluding carboxylic acids is 1. The van der Waals surface area contributed by atoms with Gasteiger partial charge in [0.05, 0.1) is 23.4 Å². The molecule has 8 aromatic rings. The number of rotatable bonds is 13. The minimum atomic E-state index is -1.60. The first-order valence-electron chi connectivity index (χ1n) is 28.6. The highest BCUT2D eigenvalue weighted by atomic mass is 28.4. The molecule has 0 saturated heterocycles. The molecule has 4 aliphatic rings. The zero-order chi connectivity index (χ0) is 54.4. The number of aliphatic hydroxyl groups is 1. The third-order valence-electron chi connectivity index (χ3n) is 17.1. The first-order chi connectivity index (χ1) is 37.8. The maximum absolute atomic E-state index is 10.1. The van der Waals surface area contributed by atoms with Crippen LogP contribution in [0.5, 0.6) is 0 Å². The quantitative estimate of drug-likeness (QED) is 0.0483. The van der Waals surface area contributed by atoms with Crippen molar-refractivity contribution in [2.75, 3.05) is 43.5 Å². The minimum Gasteiger partial charge on any atom is -0.416 e. The Morgan fingerprint density at radius 3 is 1.77 bits per heavy atom. The van der Waals surface area contributed by atoms with E-state index in [2.05, 4.69) is 122 Å². The van der Waals surface area contributed by atoms with Crippen LogP contribution in [0.2, 0.25) is 18.1 Å². The molecule has 0 radical (unpaired) electrons. The number of aromatic nitrogens is 10. The van der Waals surface area contributed by atoms with Crippen LogP contribution in [0.15, 0.2) is 73.6 Å². The van der Waals surface area contributed by atoms with Gasteiger partial charge in [-0.05, 0) is 123 Å². The molecule has 0 aromatic carbocycles. The summed E-state index contributed by atoms with van der Waals surface area (Å²) < 4.78 is 10.5. The number of aliphatic hydroxyl groups excluding tert-OH is 1. The van der Waals surface area contributed by atoms with Gasteiger partial charge in [0.2, 0.25) is 11.9 Å². The molecular weight excluding hydrogens is 993 g/mol. The second-order valence-corrected chi connectivity index (χ2v) is 28.5. The zero-order valence-electron chi connectivity index (χ0n) is 46.9. The van der Waals surface area contributed by atoms with Crippen LogP contribution < -0.4 is 16.0 Å². The van der Waals surface area contributed by atoms with Gasteiger partial charge in [-0.25, -0.2) is 19.9 Å². The summed E-state index contributed by atoms with van der Waals surface area (Å²) >= 11 is 0. The summed E-state index contributed by atoms with van der Waals surface area (Å²) in [5, 5.41) is 24.0. The van der Waals surface area contributed by atoms with Crippen LogP contribution in [-0.4, -0.2) is 106 Å². The van der Waals surface area contributed by atoms with Crippen LogP contribution in [0, 0.1) is 11.8 Å². The fourth-order valence-electron chi connectivity index (χ4n) is 11.4. The normalized spacial score (nSPS) is 19.8. The second-order valence-electron chi connectivity index (χ2n) is 23.7. The number of nitrogens with zero attached hydrogens (tertiary/aromatic N) is 11. The predicted octanol–water partition coefficient (Wildman–Crippen LogP) is 11.7. The summed E-state index contributed by atoms with van der Waals surface area (Å²) in [6.07, 6.45) is 25.4. The molecule has 17 nitrogen and oxygen atoms in total. The molecule has 0 bridgehead atoms. The number of nitrogens with one attached hydrogen (secondary N) is 3. The van der Waals surface area contributed by atoms with Gasteiger partial charge in [-0.15, -0.1) is 0 Å². The van der Waals surface area contributed by atoms with E-state index in [0.29, 0.717) is 37.0 Å². The molecule has 0 spiro atoms. The van der Waals surface area contributed by atoms with Gasteiger partial charge in [0.1, 0.15) is 29.2 Å². The summed E-state index contributed by atoms with van der Waals surface area (Å²) in [6.45, 7) is 21.1. The number of hydrogen-bond donors (Lipinski definition) is 4. The van der Waals surface area contributed by atoms with Crippen molar-refractivity contribution in [3.63, 3.8) is 0 Å². The highest BCUT2D eigenvalue weighted by Crippen LogP contribution is 2.41. The van der Waals surface area contributed by atoms with Crippen molar-refractivity contribution in [2.45, 2.75) is 155 Å². The number of anilines is 4. The van der Waals surface area contributed by atoms with Gasteiger partial charge < -0.3 is 39.4 Å². The van der Waals surface area contributed by atoms with Gasteiger partial charge in [0, 0.05) is 135 Å². The smallest absolute Gasteiger partial charge is 0.230 e. The van der Waals surface area contributed by atoms with Crippen LogP contribution in [0.3, 0.4) is 0 Å². The van der Waals surface area contributed by atoms with E-state index in [-0.39, 0.29) is 11.6 Å². The molecule has 78 heavy (non-hydrogen) atoms. The maximum Gasteiger partial charge on any atom is 0.230 e. The third kappa shape index (κ3) is 12.4. The van der Waals surface area contributed by atoms with Crippen LogP contribution in [0.1, 0.15) is 133 Å². The number of pyridine rings is 4. The molecule has 0 unspecified atom stereocenters. The largest absolute Gasteiger partial charge is 0.416 e. The Bertz CT molecular complexity index is 3340. The molecule has 8 aromatic heterocycles. The molecule has 0 amide bonds. The summed E-state index contributed by atoms with van der Waals surface area (Å²) in [5.74, 6) is 4.35. The Morgan fingerprint density at radius 1 is 0.705 bits per heavy atom. The SMILES string of the molecule is CC(C)(C)[Si](C)(C)OCCC=O.CC1CCC(n2c3cnccc3c3cnc(Nc4ccc5c(n4)CCN(CCCO)C5)nc32)CC1.CC1CCC(n2c3cnccc3c3cnc(Nc4ccc5c(n4)CCNC5)nc32)CC1. The van der Waals surface area contributed by atoms with Gasteiger partial charge in [0.25, 0.3) is 0 Å². The lowest BCUT2D eigenvalue weighted by Gasteiger charge is -2.35. The number of aldehydes is 1. The van der Waals surface area contributed by atoms with E-state index in [1.165, 1.54) is 67.9 Å². The van der Waals surface area contributed by atoms with E-state index in [1.807, 2.05) is 49.3 Å². The molecular formula is C60H80N14O3Si. The van der Waals surface area contributed by atoms with Crippen molar-refractivity contribution in [2.24, 2.45) is 11.8 Å². The predicted molar refractivity (Wildman–Crippen MR) is 314 cm³/mol. The average molecular weight is 1070 g/mol. The van der Waals surface area contributed by atoms with Crippen LogP contribution >= 0.6 is 0 Å². The van der Waals surface area contributed by atoms with Crippen LogP contribution in [0.25, 0.3) is 43.9 Å². The third-order valence-corrected chi connectivity index (χ3v) is 21.6. The standard InChI is InChI=1S/C27H33N7O.C24H27N7.C9H20O2Si/c1-18-3-6-20(7-4-18)34-24-16-28-11-9-21(24)22-15-29-27(32-26(22)34)31-25-8-5-19-17-33(12-2-14-35)13-10-23(19)30-25;1-15-2-5-17(6-3-15)31-21-14-26-10-8-18(21)19-13-27-24(30-23(19)31)29-22-7-4-16-12-25-11-9-20(16)28-22;1-9(2,3)12(4,5)11-8-6-7-10/h5,8-9,11,15-16,18,20,35H,2-4,6-7,10,12-14,17H2,1H3,(H,29,30,31,32);4,7-8,10,13-15,17,25H,2-3,5-6,9,11-12H2,1H3,(H,27,28,29,30);7H,6,8H2,1-5H3. The van der Waals surface area contributed by atoms with Gasteiger partial charge in [-0.1, -0.05) is 46.8 Å². The average Bonchev–Trinajstić information content (AvgIpc) is 4.14. The summed E-state index contributed by atoms with van der Waals surface area (Å²) in [4.78, 5) is 50.2. The van der Waals surface area contributed by atoms with E-state index in [1.54, 1.807) is 0 Å².